The fraction of sp³-hybridized carbons (Fsp3) is 0.167. The van der Waals surface area contributed by atoms with Gasteiger partial charge in [0.05, 0.1) is 5.92 Å². The second-order valence-electron chi connectivity index (χ2n) is 6.85. The van der Waals surface area contributed by atoms with Crippen molar-refractivity contribution in [2.45, 2.75) is 26.7 Å². The number of nitrogens with one attached hydrogen (secondary N) is 1. The van der Waals surface area contributed by atoms with Crippen LogP contribution in [0.3, 0.4) is 0 Å². The molecule has 0 fully saturated rings. The highest BCUT2D eigenvalue weighted by Gasteiger charge is 2.18. The maximum absolute atomic E-state index is 12.7. The van der Waals surface area contributed by atoms with Crippen molar-refractivity contribution in [3.63, 3.8) is 0 Å². The molecular weight excluding hydrogens is 334 g/mol. The normalized spacial score (nSPS) is 11.7. The van der Waals surface area contributed by atoms with Crippen LogP contribution in [0.25, 0.3) is 0 Å². The van der Waals surface area contributed by atoms with Gasteiger partial charge in [-0.25, -0.2) is 0 Å². The topological polar surface area (TPSA) is 46.2 Å². The Morgan fingerprint density at radius 2 is 1.52 bits per heavy atom. The molecule has 0 radical (unpaired) electrons. The summed E-state index contributed by atoms with van der Waals surface area (Å²) in [7, 11) is 0. The third-order valence-electron chi connectivity index (χ3n) is 4.72. The molecule has 136 valence electrons. The summed E-state index contributed by atoms with van der Waals surface area (Å²) in [5.41, 5.74) is 5.05. The zero-order chi connectivity index (χ0) is 19.4. The second-order valence-corrected chi connectivity index (χ2v) is 6.85. The standard InChI is InChI=1S/C24H23NO2/c1-16-12-13-22(17(2)14-16)25-24(27)18(3)20-10-7-11-21(15-20)23(26)19-8-5-4-6-9-19/h4-15,18H,1-3H3,(H,25,27). The van der Waals surface area contributed by atoms with E-state index in [4.69, 9.17) is 0 Å². The Labute approximate surface area is 160 Å². The number of aryl methyl sites for hydroxylation is 2. The lowest BCUT2D eigenvalue weighted by Crippen LogP contribution is -2.19. The summed E-state index contributed by atoms with van der Waals surface area (Å²) in [6.07, 6.45) is 0. The van der Waals surface area contributed by atoms with Gasteiger partial charge < -0.3 is 5.32 Å². The van der Waals surface area contributed by atoms with Gasteiger partial charge in [-0.1, -0.05) is 66.2 Å². The van der Waals surface area contributed by atoms with Crippen molar-refractivity contribution in [1.29, 1.82) is 0 Å². The van der Waals surface area contributed by atoms with Gasteiger partial charge in [-0.2, -0.15) is 0 Å². The fourth-order valence-corrected chi connectivity index (χ4v) is 3.05. The highest BCUT2D eigenvalue weighted by molar-refractivity contribution is 6.09. The Morgan fingerprint density at radius 3 is 2.22 bits per heavy atom. The molecular formula is C24H23NO2. The number of hydrogen-bond donors (Lipinski definition) is 1. The maximum Gasteiger partial charge on any atom is 0.231 e. The molecule has 1 amide bonds. The summed E-state index contributed by atoms with van der Waals surface area (Å²) >= 11 is 0. The number of carbonyl (C=O) groups excluding carboxylic acids is 2. The molecule has 0 bridgehead atoms. The van der Waals surface area contributed by atoms with E-state index >= 15 is 0 Å². The second kappa shape index (κ2) is 8.00. The van der Waals surface area contributed by atoms with Crippen molar-refractivity contribution in [2.75, 3.05) is 5.32 Å². The summed E-state index contributed by atoms with van der Waals surface area (Å²) in [6, 6.07) is 22.4. The van der Waals surface area contributed by atoms with Gasteiger partial charge in [0.15, 0.2) is 5.78 Å². The first-order valence-electron chi connectivity index (χ1n) is 9.03. The van der Waals surface area contributed by atoms with Crippen molar-refractivity contribution < 1.29 is 9.59 Å². The first-order valence-corrected chi connectivity index (χ1v) is 9.03. The van der Waals surface area contributed by atoms with Crippen LogP contribution >= 0.6 is 0 Å². The molecule has 0 aromatic heterocycles. The number of amides is 1. The van der Waals surface area contributed by atoms with Crippen molar-refractivity contribution in [3.8, 4) is 0 Å². The predicted octanol–water partition coefficient (Wildman–Crippen LogP) is 5.28. The molecule has 0 saturated carbocycles. The Hall–Kier alpha value is -3.20. The molecule has 1 N–H and O–H groups in total. The molecule has 27 heavy (non-hydrogen) atoms. The molecule has 3 aromatic rings. The average molecular weight is 357 g/mol. The van der Waals surface area contributed by atoms with Crippen LogP contribution in [0, 0.1) is 13.8 Å². The zero-order valence-corrected chi connectivity index (χ0v) is 15.8. The van der Waals surface area contributed by atoms with E-state index in [1.54, 1.807) is 18.2 Å². The molecule has 3 rings (SSSR count). The quantitative estimate of drug-likeness (QED) is 0.632. The molecule has 0 saturated heterocycles. The average Bonchev–Trinajstić information content (AvgIpc) is 2.69. The van der Waals surface area contributed by atoms with Gasteiger partial charge in [-0.05, 0) is 44.0 Å². The summed E-state index contributed by atoms with van der Waals surface area (Å²) in [5.74, 6) is -0.500. The highest BCUT2D eigenvalue weighted by Crippen LogP contribution is 2.22. The van der Waals surface area contributed by atoms with Crippen LogP contribution < -0.4 is 5.32 Å². The van der Waals surface area contributed by atoms with Gasteiger partial charge in [0.2, 0.25) is 5.91 Å². The van der Waals surface area contributed by atoms with Crippen molar-refractivity contribution in [2.24, 2.45) is 0 Å². The first kappa shape index (κ1) is 18.6. The van der Waals surface area contributed by atoms with Crippen molar-refractivity contribution >= 4 is 17.4 Å². The van der Waals surface area contributed by atoms with Gasteiger partial charge in [0.1, 0.15) is 0 Å². The van der Waals surface area contributed by atoms with Gasteiger partial charge in [0.25, 0.3) is 0 Å². The third kappa shape index (κ3) is 4.32. The Balaban J connectivity index is 1.79. The lowest BCUT2D eigenvalue weighted by Gasteiger charge is -2.15. The number of benzene rings is 3. The van der Waals surface area contributed by atoms with Crippen LogP contribution in [0.2, 0.25) is 0 Å². The lowest BCUT2D eigenvalue weighted by molar-refractivity contribution is -0.117. The summed E-state index contributed by atoms with van der Waals surface area (Å²) in [5, 5.41) is 2.99. The maximum atomic E-state index is 12.7. The number of hydrogen-bond acceptors (Lipinski definition) is 2. The number of carbonyl (C=O) groups is 2. The summed E-state index contributed by atoms with van der Waals surface area (Å²) in [6.45, 7) is 5.86. The van der Waals surface area contributed by atoms with Gasteiger partial charge >= 0.3 is 0 Å². The number of anilines is 1. The van der Waals surface area contributed by atoms with Crippen LogP contribution in [0.4, 0.5) is 5.69 Å². The largest absolute Gasteiger partial charge is 0.325 e. The Morgan fingerprint density at radius 1 is 0.815 bits per heavy atom. The van der Waals surface area contributed by atoms with E-state index in [1.807, 2.05) is 75.4 Å². The molecule has 3 heteroatoms. The summed E-state index contributed by atoms with van der Waals surface area (Å²) in [4.78, 5) is 25.4. The predicted molar refractivity (Wildman–Crippen MR) is 109 cm³/mol. The highest BCUT2D eigenvalue weighted by atomic mass is 16.2. The van der Waals surface area contributed by atoms with E-state index in [0.29, 0.717) is 11.1 Å². The zero-order valence-electron chi connectivity index (χ0n) is 15.8. The van der Waals surface area contributed by atoms with Crippen LogP contribution in [-0.4, -0.2) is 11.7 Å². The molecule has 0 heterocycles. The van der Waals surface area contributed by atoms with Crippen LogP contribution in [0.5, 0.6) is 0 Å². The minimum atomic E-state index is -0.366. The van der Waals surface area contributed by atoms with E-state index in [2.05, 4.69) is 5.32 Å². The third-order valence-corrected chi connectivity index (χ3v) is 4.72. The van der Waals surface area contributed by atoms with E-state index in [-0.39, 0.29) is 17.6 Å². The fourth-order valence-electron chi connectivity index (χ4n) is 3.05. The smallest absolute Gasteiger partial charge is 0.231 e. The van der Waals surface area contributed by atoms with Gasteiger partial charge in [-0.3, -0.25) is 9.59 Å². The Kier molecular flexibility index (Phi) is 5.51. The molecule has 0 aliphatic rings. The van der Waals surface area contributed by atoms with Crippen LogP contribution in [-0.2, 0) is 4.79 Å². The molecule has 0 aliphatic carbocycles. The van der Waals surface area contributed by atoms with E-state index in [0.717, 1.165) is 22.4 Å². The molecule has 0 aliphatic heterocycles. The molecule has 1 unspecified atom stereocenters. The summed E-state index contributed by atoms with van der Waals surface area (Å²) < 4.78 is 0. The van der Waals surface area contributed by atoms with E-state index in [9.17, 15) is 9.59 Å². The van der Waals surface area contributed by atoms with Gasteiger partial charge in [-0.15, -0.1) is 0 Å². The van der Waals surface area contributed by atoms with Crippen LogP contribution in [0.1, 0.15) is 45.5 Å². The number of ketones is 1. The number of rotatable bonds is 5. The first-order chi connectivity index (χ1) is 13.0. The molecule has 3 aromatic carbocycles. The molecule has 0 spiro atoms. The van der Waals surface area contributed by atoms with Crippen molar-refractivity contribution in [1.82, 2.24) is 0 Å². The van der Waals surface area contributed by atoms with Gasteiger partial charge in [0, 0.05) is 16.8 Å². The van der Waals surface area contributed by atoms with Crippen molar-refractivity contribution in [3.05, 3.63) is 101 Å². The molecule has 3 nitrogen and oxygen atoms in total. The monoisotopic (exact) mass is 357 g/mol. The molecule has 1 atom stereocenters. The van der Waals surface area contributed by atoms with Crippen LogP contribution in [0.15, 0.2) is 72.8 Å². The Bertz CT molecular complexity index is 977. The van der Waals surface area contributed by atoms with E-state index < -0.39 is 0 Å². The van der Waals surface area contributed by atoms with E-state index in [1.165, 1.54) is 0 Å². The SMILES string of the molecule is Cc1ccc(NC(=O)C(C)c2cccc(C(=O)c3ccccc3)c2)c(C)c1. The lowest BCUT2D eigenvalue weighted by atomic mass is 9.95. The minimum Gasteiger partial charge on any atom is -0.325 e. The minimum absolute atomic E-state index is 0.0422.